The van der Waals surface area contributed by atoms with E-state index in [9.17, 15) is 27.9 Å². The van der Waals surface area contributed by atoms with Crippen LogP contribution in [0.2, 0.25) is 5.02 Å². The van der Waals surface area contributed by atoms with Crippen LogP contribution in [0.5, 0.6) is 0 Å². The summed E-state index contributed by atoms with van der Waals surface area (Å²) in [6.07, 6.45) is 0.504. The quantitative estimate of drug-likeness (QED) is 0.175. The van der Waals surface area contributed by atoms with E-state index in [1.807, 2.05) is 30.3 Å². The third-order valence-corrected chi connectivity index (χ3v) is 8.50. The Labute approximate surface area is 268 Å². The summed E-state index contributed by atoms with van der Waals surface area (Å²) in [5.41, 5.74) is 2.44. The van der Waals surface area contributed by atoms with Crippen molar-refractivity contribution in [3.63, 3.8) is 0 Å². The maximum atomic E-state index is 13.5. The van der Waals surface area contributed by atoms with E-state index in [2.05, 4.69) is 14.9 Å². The van der Waals surface area contributed by atoms with Crippen LogP contribution in [0, 0.1) is 11.8 Å². The number of benzene rings is 3. The van der Waals surface area contributed by atoms with Crippen molar-refractivity contribution in [3.8, 4) is 0 Å². The van der Waals surface area contributed by atoms with Crippen LogP contribution in [0.25, 0.3) is 5.57 Å². The molecule has 2 heterocycles. The van der Waals surface area contributed by atoms with Gasteiger partial charge in [-0.2, -0.15) is 13.2 Å². The number of aromatic nitrogens is 1. The summed E-state index contributed by atoms with van der Waals surface area (Å²) < 4.78 is 40.6. The fourth-order valence-corrected chi connectivity index (χ4v) is 5.77. The number of nitrogens with zero attached hydrogens (tertiary/aromatic N) is 3. The van der Waals surface area contributed by atoms with E-state index in [-0.39, 0.29) is 29.8 Å². The van der Waals surface area contributed by atoms with Crippen molar-refractivity contribution < 1.29 is 27.9 Å². The summed E-state index contributed by atoms with van der Waals surface area (Å²) in [4.78, 5) is 36.1. The molecular formula is C36H29ClF3N3O3. The van der Waals surface area contributed by atoms with Gasteiger partial charge < -0.3 is 10.0 Å². The van der Waals surface area contributed by atoms with E-state index < -0.39 is 29.6 Å². The number of dihydropyridines is 1. The fraction of sp³-hybridized carbons (Fsp3) is 0.222. The zero-order valence-electron chi connectivity index (χ0n) is 24.5. The maximum absolute atomic E-state index is 13.5. The first kappa shape index (κ1) is 31.2. The lowest BCUT2D eigenvalue weighted by Crippen LogP contribution is -2.27. The Morgan fingerprint density at radius 1 is 0.935 bits per heavy atom. The zero-order valence-corrected chi connectivity index (χ0v) is 25.3. The van der Waals surface area contributed by atoms with Gasteiger partial charge in [-0.1, -0.05) is 54.1 Å². The van der Waals surface area contributed by atoms with Crippen molar-refractivity contribution in [1.82, 2.24) is 4.98 Å². The van der Waals surface area contributed by atoms with Crippen molar-refractivity contribution in [2.24, 2.45) is 16.8 Å². The Balaban J connectivity index is 1.24. The van der Waals surface area contributed by atoms with Crippen molar-refractivity contribution in [2.75, 3.05) is 18.0 Å². The number of carboxylic acid groups (broad SMARTS) is 1. The van der Waals surface area contributed by atoms with Gasteiger partial charge in [-0.25, -0.2) is 4.79 Å². The average molecular weight is 644 g/mol. The van der Waals surface area contributed by atoms with Crippen LogP contribution in [-0.4, -0.2) is 46.8 Å². The van der Waals surface area contributed by atoms with Crippen LogP contribution in [0.3, 0.4) is 0 Å². The minimum atomic E-state index is -4.60. The second kappa shape index (κ2) is 12.9. The molecule has 1 N–H and O–H groups in total. The first-order valence-corrected chi connectivity index (χ1v) is 15.2. The molecule has 0 spiro atoms. The summed E-state index contributed by atoms with van der Waals surface area (Å²) in [7, 11) is 0. The Hall–Kier alpha value is -4.76. The van der Waals surface area contributed by atoms with Gasteiger partial charge in [0.2, 0.25) is 5.78 Å². The third-order valence-electron chi connectivity index (χ3n) is 8.25. The number of hydrogen-bond acceptors (Lipinski definition) is 5. The molecule has 6 rings (SSSR count). The van der Waals surface area contributed by atoms with Crippen molar-refractivity contribution in [1.29, 1.82) is 0 Å². The minimum Gasteiger partial charge on any atom is -0.478 e. The highest BCUT2D eigenvalue weighted by molar-refractivity contribution is 6.30. The van der Waals surface area contributed by atoms with Crippen molar-refractivity contribution in [2.45, 2.75) is 25.4 Å². The van der Waals surface area contributed by atoms with Gasteiger partial charge in [0.25, 0.3) is 0 Å². The average Bonchev–Trinajstić information content (AvgIpc) is 3.88. The number of ketones is 1. The molecule has 4 aromatic rings. The number of hydrogen-bond donors (Lipinski definition) is 1. The molecule has 6 nitrogen and oxygen atoms in total. The lowest BCUT2D eigenvalue weighted by Gasteiger charge is -2.25. The molecular weight excluding hydrogens is 615 g/mol. The molecule has 1 aliphatic carbocycles. The van der Waals surface area contributed by atoms with Crippen LogP contribution in [0.1, 0.15) is 50.4 Å². The van der Waals surface area contributed by atoms with Crippen molar-refractivity contribution in [3.05, 3.63) is 130 Å². The van der Waals surface area contributed by atoms with Gasteiger partial charge in [0.15, 0.2) is 0 Å². The molecule has 2 aliphatic rings. The number of carboxylic acids is 1. The molecule has 10 heteroatoms. The summed E-state index contributed by atoms with van der Waals surface area (Å²) in [6, 6.07) is 24.0. The minimum absolute atomic E-state index is 0.0983. The number of alkyl halides is 3. The second-order valence-corrected chi connectivity index (χ2v) is 12.0. The Morgan fingerprint density at radius 2 is 1.65 bits per heavy atom. The Morgan fingerprint density at radius 3 is 2.28 bits per heavy atom. The number of carbonyl (C=O) groups excluding carboxylic acids is 1. The fourth-order valence-electron chi connectivity index (χ4n) is 5.64. The van der Waals surface area contributed by atoms with E-state index >= 15 is 0 Å². The predicted molar refractivity (Wildman–Crippen MR) is 172 cm³/mol. The molecule has 1 atom stereocenters. The summed E-state index contributed by atoms with van der Waals surface area (Å²) >= 11 is 6.09. The first-order valence-electron chi connectivity index (χ1n) is 14.9. The van der Waals surface area contributed by atoms with Gasteiger partial charge in [0.1, 0.15) is 11.4 Å². The number of anilines is 2. The summed E-state index contributed by atoms with van der Waals surface area (Å²) in [6.45, 7) is 0.657. The molecule has 0 amide bonds. The van der Waals surface area contributed by atoms with Gasteiger partial charge in [-0.05, 0) is 90.4 Å². The Kier molecular flexibility index (Phi) is 8.77. The summed E-state index contributed by atoms with van der Waals surface area (Å²) in [5, 5.41) is 10.7. The SMILES string of the molecule is O=C(c1ccc(CC2CN=C(C(F)(F)F)C=C2c2ccccc2)c(C(=O)O)c1)c1ccc(N(CC2CC2)c2ccc(Cl)cc2)cn1. The largest absolute Gasteiger partial charge is 0.478 e. The van der Waals surface area contributed by atoms with E-state index in [0.29, 0.717) is 27.6 Å². The predicted octanol–water partition coefficient (Wildman–Crippen LogP) is 8.47. The van der Waals surface area contributed by atoms with Crippen LogP contribution < -0.4 is 4.90 Å². The van der Waals surface area contributed by atoms with E-state index in [0.717, 1.165) is 36.8 Å². The molecule has 0 radical (unpaired) electrons. The summed E-state index contributed by atoms with van der Waals surface area (Å²) in [5.74, 6) is -1.60. The number of aromatic carboxylic acids is 1. The monoisotopic (exact) mass is 643 g/mol. The lowest BCUT2D eigenvalue weighted by atomic mass is 9.83. The number of allylic oxidation sites excluding steroid dienone is 1. The topological polar surface area (TPSA) is 82.9 Å². The highest BCUT2D eigenvalue weighted by atomic mass is 35.5. The third kappa shape index (κ3) is 7.05. The maximum Gasteiger partial charge on any atom is 0.432 e. The molecule has 3 aromatic carbocycles. The number of aliphatic imine (C=N–C) groups is 1. The highest BCUT2D eigenvalue weighted by Gasteiger charge is 2.37. The molecule has 1 fully saturated rings. The van der Waals surface area contributed by atoms with Gasteiger partial charge in [-0.3, -0.25) is 14.8 Å². The molecule has 1 aromatic heterocycles. The van der Waals surface area contributed by atoms with Crippen LogP contribution >= 0.6 is 11.6 Å². The van der Waals surface area contributed by atoms with Crippen LogP contribution in [0.4, 0.5) is 24.5 Å². The molecule has 1 unspecified atom stereocenters. The van der Waals surface area contributed by atoms with E-state index in [1.54, 1.807) is 48.7 Å². The zero-order chi connectivity index (χ0) is 32.4. The molecule has 1 aliphatic heterocycles. The molecule has 0 bridgehead atoms. The smallest absolute Gasteiger partial charge is 0.432 e. The second-order valence-electron chi connectivity index (χ2n) is 11.5. The number of pyridine rings is 1. The highest BCUT2D eigenvalue weighted by Crippen LogP contribution is 2.36. The van der Waals surface area contributed by atoms with Crippen molar-refractivity contribution >= 4 is 46.0 Å². The Bertz CT molecular complexity index is 1820. The standard InChI is InChI=1S/C36H29ClF3N3O3/c37-27-10-12-28(13-11-27)43(21-22-6-7-22)29-14-15-32(41-20-29)34(44)25-9-8-24(31(17-25)35(45)46)16-26-19-42-33(36(38,39)40)18-30(26)23-4-2-1-3-5-23/h1-5,8-15,17-18,20,22,26H,6-7,16,19,21H2,(H,45,46). The van der Waals surface area contributed by atoms with Gasteiger partial charge in [0.05, 0.1) is 17.4 Å². The molecule has 1 saturated carbocycles. The molecule has 234 valence electrons. The van der Waals surface area contributed by atoms with Gasteiger partial charge in [0, 0.05) is 35.3 Å². The lowest BCUT2D eigenvalue weighted by molar-refractivity contribution is -0.0580. The molecule has 0 saturated heterocycles. The van der Waals surface area contributed by atoms with E-state index in [4.69, 9.17) is 11.6 Å². The normalized spacial score (nSPS) is 16.4. The number of carbonyl (C=O) groups is 2. The van der Waals surface area contributed by atoms with Crippen LogP contribution in [-0.2, 0) is 6.42 Å². The molecule has 46 heavy (non-hydrogen) atoms. The number of rotatable bonds is 10. The van der Waals surface area contributed by atoms with Gasteiger partial charge >= 0.3 is 12.1 Å². The van der Waals surface area contributed by atoms with E-state index in [1.165, 1.54) is 12.1 Å². The first-order chi connectivity index (χ1) is 22.1. The van der Waals surface area contributed by atoms with Crippen LogP contribution in [0.15, 0.2) is 102 Å². The number of halogens is 4. The van der Waals surface area contributed by atoms with Gasteiger partial charge in [-0.15, -0.1) is 0 Å².